The van der Waals surface area contributed by atoms with Crippen molar-refractivity contribution in [2.45, 2.75) is 5.75 Å². The van der Waals surface area contributed by atoms with Gasteiger partial charge in [0.1, 0.15) is 5.65 Å². The summed E-state index contributed by atoms with van der Waals surface area (Å²) in [6.07, 6.45) is 1.75. The molecule has 6 N–H and O–H groups in total. The second-order valence-electron chi connectivity index (χ2n) is 7.18. The van der Waals surface area contributed by atoms with Gasteiger partial charge in [0.15, 0.2) is 5.82 Å². The number of hydrogen-bond donors (Lipinski definition) is 4. The molecule has 3 aromatic heterocycles. The first-order valence-corrected chi connectivity index (χ1v) is 10.9. The zero-order chi connectivity index (χ0) is 20.9. The number of sulfonamides is 1. The molecule has 0 aliphatic carbocycles. The molecule has 0 spiro atoms. The van der Waals surface area contributed by atoms with Crippen molar-refractivity contribution >= 4 is 37.8 Å². The van der Waals surface area contributed by atoms with Crippen molar-refractivity contribution in [3.05, 3.63) is 66.4 Å². The summed E-state index contributed by atoms with van der Waals surface area (Å²) in [6.45, 7) is 0. The minimum atomic E-state index is -3.60. The number of pyridine rings is 1. The lowest BCUT2D eigenvalue weighted by molar-refractivity contribution is 0.597. The van der Waals surface area contributed by atoms with E-state index in [2.05, 4.69) is 20.2 Å². The monoisotopic (exact) mass is 418 g/mol. The number of nitrogens with two attached hydrogens (primary N) is 2. The van der Waals surface area contributed by atoms with Crippen LogP contribution in [0.2, 0.25) is 0 Å². The molecular weight excluding hydrogens is 400 g/mol. The van der Waals surface area contributed by atoms with E-state index < -0.39 is 10.0 Å². The Kier molecular flexibility index (Phi) is 4.09. The fourth-order valence-electron chi connectivity index (χ4n) is 3.70. The molecule has 9 heteroatoms. The first kappa shape index (κ1) is 18.3. The van der Waals surface area contributed by atoms with E-state index in [9.17, 15) is 8.42 Å². The van der Waals surface area contributed by atoms with E-state index in [0.29, 0.717) is 11.4 Å². The lowest BCUT2D eigenvalue weighted by atomic mass is 10.0. The molecule has 0 aliphatic heterocycles. The van der Waals surface area contributed by atoms with E-state index in [0.717, 1.165) is 44.3 Å². The van der Waals surface area contributed by atoms with Crippen molar-refractivity contribution in [1.82, 2.24) is 20.2 Å². The second-order valence-corrected chi connectivity index (χ2v) is 8.79. The van der Waals surface area contributed by atoms with E-state index in [1.807, 2.05) is 48.5 Å². The van der Waals surface area contributed by atoms with Crippen LogP contribution < -0.4 is 10.9 Å². The predicted octanol–water partition coefficient (Wildman–Crippen LogP) is 3.14. The number of hydrogen-bond acceptors (Lipinski definition) is 5. The number of primary sulfonamides is 1. The summed E-state index contributed by atoms with van der Waals surface area (Å²) in [5.41, 5.74) is 11.9. The lowest BCUT2D eigenvalue weighted by Crippen LogP contribution is -2.14. The minimum absolute atomic E-state index is 0.212. The summed E-state index contributed by atoms with van der Waals surface area (Å²) in [6, 6.07) is 17.2. The Morgan fingerprint density at radius 3 is 2.67 bits per heavy atom. The van der Waals surface area contributed by atoms with Crippen LogP contribution in [0.5, 0.6) is 0 Å². The molecular formula is C21H18N6O2S. The molecule has 5 rings (SSSR count). The average molecular weight is 418 g/mol. The summed E-state index contributed by atoms with van der Waals surface area (Å²) in [5, 5.41) is 14.0. The van der Waals surface area contributed by atoms with Crippen molar-refractivity contribution in [2.75, 3.05) is 5.73 Å². The Labute approximate surface area is 172 Å². The van der Waals surface area contributed by atoms with Gasteiger partial charge in [0, 0.05) is 22.7 Å². The molecule has 8 nitrogen and oxygen atoms in total. The zero-order valence-corrected chi connectivity index (χ0v) is 16.6. The minimum Gasteiger partial charge on any atom is -0.382 e. The maximum atomic E-state index is 11.4. The molecule has 0 aliphatic rings. The van der Waals surface area contributed by atoms with Gasteiger partial charge in [0.25, 0.3) is 0 Å². The molecule has 150 valence electrons. The quantitative estimate of drug-likeness (QED) is 0.354. The van der Waals surface area contributed by atoms with Crippen LogP contribution in [0.15, 0.2) is 60.8 Å². The predicted molar refractivity (Wildman–Crippen MR) is 118 cm³/mol. The van der Waals surface area contributed by atoms with Gasteiger partial charge in [0.2, 0.25) is 10.0 Å². The van der Waals surface area contributed by atoms with E-state index >= 15 is 0 Å². The summed E-state index contributed by atoms with van der Waals surface area (Å²) < 4.78 is 22.9. The SMILES string of the molecule is Nc1n[nH]c2ccc(-c3ccnc4[nH]c(-c5cccc(CS(N)(=O)=O)c5)cc34)cc12. The second kappa shape index (κ2) is 6.68. The molecule has 0 atom stereocenters. The third kappa shape index (κ3) is 3.30. The molecule has 0 saturated heterocycles. The Morgan fingerprint density at radius 1 is 0.967 bits per heavy atom. The summed E-state index contributed by atoms with van der Waals surface area (Å²) >= 11 is 0. The van der Waals surface area contributed by atoms with Gasteiger partial charge in [-0.2, -0.15) is 5.10 Å². The Bertz CT molecular complexity index is 1520. The Balaban J connectivity index is 1.62. The molecule has 0 saturated carbocycles. The van der Waals surface area contributed by atoms with Crippen LogP contribution in [0.4, 0.5) is 5.82 Å². The number of aromatic nitrogens is 4. The van der Waals surface area contributed by atoms with Gasteiger partial charge < -0.3 is 10.7 Å². The van der Waals surface area contributed by atoms with Crippen LogP contribution in [0.3, 0.4) is 0 Å². The van der Waals surface area contributed by atoms with Crippen molar-refractivity contribution in [2.24, 2.45) is 5.14 Å². The highest BCUT2D eigenvalue weighted by Crippen LogP contribution is 2.33. The van der Waals surface area contributed by atoms with Crippen LogP contribution in [-0.4, -0.2) is 28.6 Å². The molecule has 30 heavy (non-hydrogen) atoms. The first-order valence-electron chi connectivity index (χ1n) is 9.19. The van der Waals surface area contributed by atoms with Crippen LogP contribution in [0.25, 0.3) is 44.3 Å². The van der Waals surface area contributed by atoms with Crippen molar-refractivity contribution in [3.8, 4) is 22.4 Å². The van der Waals surface area contributed by atoms with Crippen molar-refractivity contribution in [3.63, 3.8) is 0 Å². The first-order chi connectivity index (χ1) is 14.4. The van der Waals surface area contributed by atoms with Gasteiger partial charge in [-0.15, -0.1) is 0 Å². The van der Waals surface area contributed by atoms with E-state index in [-0.39, 0.29) is 5.75 Å². The lowest BCUT2D eigenvalue weighted by Gasteiger charge is -2.03. The molecule has 0 unspecified atom stereocenters. The summed E-state index contributed by atoms with van der Waals surface area (Å²) in [7, 11) is -3.60. The van der Waals surface area contributed by atoms with Gasteiger partial charge in [-0.05, 0) is 52.6 Å². The molecule has 3 heterocycles. The number of nitrogen functional groups attached to an aromatic ring is 1. The molecule has 0 fully saturated rings. The van der Waals surface area contributed by atoms with Gasteiger partial charge in [0.05, 0.1) is 11.3 Å². The number of nitrogens with one attached hydrogen (secondary N) is 2. The fourth-order valence-corrected chi connectivity index (χ4v) is 4.34. The number of benzene rings is 2. The van der Waals surface area contributed by atoms with E-state index in [4.69, 9.17) is 10.9 Å². The topological polar surface area (TPSA) is 144 Å². The number of H-pyrrole nitrogens is 2. The Morgan fingerprint density at radius 2 is 1.83 bits per heavy atom. The molecule has 5 aromatic rings. The van der Waals surface area contributed by atoms with Gasteiger partial charge >= 0.3 is 0 Å². The molecule has 0 amide bonds. The maximum Gasteiger partial charge on any atom is 0.213 e. The summed E-state index contributed by atoms with van der Waals surface area (Å²) in [4.78, 5) is 7.77. The van der Waals surface area contributed by atoms with Crippen LogP contribution in [-0.2, 0) is 15.8 Å². The average Bonchev–Trinajstić information content (AvgIpc) is 3.30. The normalized spacial score (nSPS) is 12.0. The van der Waals surface area contributed by atoms with Crippen LogP contribution >= 0.6 is 0 Å². The zero-order valence-electron chi connectivity index (χ0n) is 15.8. The van der Waals surface area contributed by atoms with Crippen LogP contribution in [0, 0.1) is 0 Å². The van der Waals surface area contributed by atoms with Gasteiger partial charge in [-0.3, -0.25) is 5.10 Å². The molecule has 0 bridgehead atoms. The number of aromatic amines is 2. The van der Waals surface area contributed by atoms with E-state index in [1.165, 1.54) is 0 Å². The molecule has 2 aromatic carbocycles. The number of rotatable bonds is 4. The summed E-state index contributed by atoms with van der Waals surface area (Å²) in [5.74, 6) is 0.245. The van der Waals surface area contributed by atoms with Crippen molar-refractivity contribution < 1.29 is 8.42 Å². The van der Waals surface area contributed by atoms with Crippen LogP contribution in [0.1, 0.15) is 5.56 Å². The highest BCUT2D eigenvalue weighted by molar-refractivity contribution is 7.88. The van der Waals surface area contributed by atoms with E-state index in [1.54, 1.807) is 12.3 Å². The highest BCUT2D eigenvalue weighted by Gasteiger charge is 2.13. The standard InChI is InChI=1S/C21H18N6O2S/c22-20-17-9-13(4-5-18(17)26-27-20)15-6-7-24-21-16(15)10-19(25-21)14-3-1-2-12(8-14)11-30(23,28)29/h1-10H,11H2,(H,24,25)(H3,22,26,27)(H2,23,28,29). The largest absolute Gasteiger partial charge is 0.382 e. The third-order valence-electron chi connectivity index (χ3n) is 5.04. The molecule has 0 radical (unpaired) electrons. The maximum absolute atomic E-state index is 11.4. The third-order valence-corrected chi connectivity index (χ3v) is 5.78. The number of nitrogens with zero attached hydrogens (tertiary/aromatic N) is 2. The smallest absolute Gasteiger partial charge is 0.213 e. The van der Waals surface area contributed by atoms with Gasteiger partial charge in [-0.25, -0.2) is 18.5 Å². The van der Waals surface area contributed by atoms with Gasteiger partial charge in [-0.1, -0.05) is 24.3 Å². The number of fused-ring (bicyclic) bond motifs is 2. The number of anilines is 1. The fraction of sp³-hybridized carbons (Fsp3) is 0.0476. The van der Waals surface area contributed by atoms with Crippen molar-refractivity contribution in [1.29, 1.82) is 0 Å². The Hall–Kier alpha value is -3.69. The highest BCUT2D eigenvalue weighted by atomic mass is 32.2.